The summed E-state index contributed by atoms with van der Waals surface area (Å²) < 4.78 is 1.94. The predicted molar refractivity (Wildman–Crippen MR) is 83.9 cm³/mol. The van der Waals surface area contributed by atoms with Gasteiger partial charge in [0.05, 0.1) is 11.2 Å². The number of phenols is 1. The van der Waals surface area contributed by atoms with Crippen molar-refractivity contribution in [2.24, 2.45) is 7.05 Å². The average Bonchev–Trinajstić information content (AvgIpc) is 2.84. The van der Waals surface area contributed by atoms with Gasteiger partial charge >= 0.3 is 0 Å². The molecule has 21 heavy (non-hydrogen) atoms. The molecule has 0 fully saturated rings. The number of nitrogens with one attached hydrogen (secondary N) is 1. The quantitative estimate of drug-likeness (QED) is 0.906. The van der Waals surface area contributed by atoms with E-state index in [1.165, 1.54) is 11.3 Å². The molecule has 0 radical (unpaired) electrons. The minimum absolute atomic E-state index is 0.0933. The Bertz CT molecular complexity index is 669. The van der Waals surface area contributed by atoms with E-state index < -0.39 is 0 Å². The van der Waals surface area contributed by atoms with Crippen molar-refractivity contribution in [3.8, 4) is 5.75 Å². The molecule has 0 saturated carbocycles. The first kappa shape index (κ1) is 14.7. The van der Waals surface area contributed by atoms with Gasteiger partial charge in [-0.3, -0.25) is 4.68 Å². The number of rotatable bonds is 3. The van der Waals surface area contributed by atoms with Crippen molar-refractivity contribution < 1.29 is 5.11 Å². The Morgan fingerprint density at radius 2 is 2.24 bits per heavy atom. The molecule has 0 spiro atoms. The molecule has 2 N–H and O–H groups in total. The molecule has 0 unspecified atom stereocenters. The molecule has 1 aliphatic rings. The second-order valence-electron chi connectivity index (χ2n) is 5.39. The third-order valence-electron chi connectivity index (χ3n) is 4.02. The molecular weight excluding hydrogens is 309 g/mol. The van der Waals surface area contributed by atoms with Gasteiger partial charge in [0.15, 0.2) is 0 Å². The highest BCUT2D eigenvalue weighted by Gasteiger charge is 2.23. The van der Waals surface area contributed by atoms with Crippen molar-refractivity contribution in [2.45, 2.75) is 31.8 Å². The number of hydrogen-bond donors (Lipinski definition) is 2. The zero-order valence-corrected chi connectivity index (χ0v) is 13.2. The number of halogens is 2. The van der Waals surface area contributed by atoms with Crippen molar-refractivity contribution in [1.29, 1.82) is 0 Å². The lowest BCUT2D eigenvalue weighted by Gasteiger charge is -2.24. The molecule has 0 amide bonds. The second kappa shape index (κ2) is 5.87. The van der Waals surface area contributed by atoms with Crippen LogP contribution in [0.4, 0.5) is 0 Å². The summed E-state index contributed by atoms with van der Waals surface area (Å²) in [4.78, 5) is 0. The predicted octanol–water partition coefficient (Wildman–Crippen LogP) is 3.60. The van der Waals surface area contributed by atoms with Crippen LogP contribution in [-0.4, -0.2) is 14.9 Å². The van der Waals surface area contributed by atoms with Crippen LogP contribution >= 0.6 is 23.2 Å². The summed E-state index contributed by atoms with van der Waals surface area (Å²) in [5.74, 6) is 0.0933. The van der Waals surface area contributed by atoms with Gasteiger partial charge in [-0.25, -0.2) is 0 Å². The molecular formula is C15H17Cl2N3O. The molecule has 1 aromatic heterocycles. The maximum Gasteiger partial charge on any atom is 0.138 e. The van der Waals surface area contributed by atoms with Gasteiger partial charge in [0.2, 0.25) is 0 Å². The van der Waals surface area contributed by atoms with Crippen LogP contribution in [-0.2, 0) is 20.0 Å². The molecule has 0 saturated heterocycles. The molecule has 2 aromatic rings. The van der Waals surface area contributed by atoms with Crippen LogP contribution in [0.15, 0.2) is 18.3 Å². The van der Waals surface area contributed by atoms with Gasteiger partial charge in [-0.15, -0.1) is 0 Å². The average molecular weight is 326 g/mol. The lowest BCUT2D eigenvalue weighted by atomic mass is 9.93. The molecule has 1 heterocycles. The third-order valence-corrected chi connectivity index (χ3v) is 4.53. The van der Waals surface area contributed by atoms with Crippen LogP contribution in [0.1, 0.15) is 35.7 Å². The monoisotopic (exact) mass is 325 g/mol. The molecule has 3 rings (SSSR count). The first-order valence-electron chi connectivity index (χ1n) is 6.97. The number of hydrogen-bond acceptors (Lipinski definition) is 3. The van der Waals surface area contributed by atoms with Crippen LogP contribution in [0, 0.1) is 0 Å². The minimum atomic E-state index is 0.0933. The highest BCUT2D eigenvalue weighted by Crippen LogP contribution is 2.33. The summed E-state index contributed by atoms with van der Waals surface area (Å²) in [7, 11) is 1.98. The first-order chi connectivity index (χ1) is 10.1. The van der Waals surface area contributed by atoms with Gasteiger partial charge in [0.1, 0.15) is 5.75 Å². The number of aryl methyl sites for hydroxylation is 1. The molecule has 6 heteroatoms. The first-order valence-corrected chi connectivity index (χ1v) is 7.73. The normalized spacial score (nSPS) is 17.8. The lowest BCUT2D eigenvalue weighted by Crippen LogP contribution is -2.25. The van der Waals surface area contributed by atoms with Gasteiger partial charge in [-0.2, -0.15) is 5.10 Å². The van der Waals surface area contributed by atoms with Gasteiger partial charge < -0.3 is 10.4 Å². The number of phenolic OH excluding ortho intramolecular Hbond substituents is 1. The van der Waals surface area contributed by atoms with Crippen LogP contribution in [0.2, 0.25) is 10.0 Å². The Labute approximate surface area is 133 Å². The standard InChI is InChI=1S/C15H17Cl2N3O/c1-20-14-4-2-3-13(11(14)8-19-20)18-7-9-5-10(16)6-12(17)15(9)21/h5-6,8,13,18,21H,2-4,7H2,1H3/t13-/m1/s1. The summed E-state index contributed by atoms with van der Waals surface area (Å²) >= 11 is 11.9. The number of fused-ring (bicyclic) bond motifs is 1. The van der Waals surface area contributed by atoms with Crippen molar-refractivity contribution >= 4 is 23.2 Å². The Hall–Kier alpha value is -1.23. The van der Waals surface area contributed by atoms with Crippen LogP contribution in [0.5, 0.6) is 5.75 Å². The molecule has 0 bridgehead atoms. The van der Waals surface area contributed by atoms with Crippen LogP contribution in [0.3, 0.4) is 0 Å². The van der Waals surface area contributed by atoms with Crippen molar-refractivity contribution in [1.82, 2.24) is 15.1 Å². The van der Waals surface area contributed by atoms with Crippen LogP contribution in [0.25, 0.3) is 0 Å². The maximum atomic E-state index is 10.0. The van der Waals surface area contributed by atoms with Crippen molar-refractivity contribution in [3.05, 3.63) is 45.2 Å². The summed E-state index contributed by atoms with van der Waals surface area (Å²) in [6, 6.07) is 3.53. The second-order valence-corrected chi connectivity index (χ2v) is 6.23. The van der Waals surface area contributed by atoms with E-state index in [1.807, 2.05) is 17.9 Å². The van der Waals surface area contributed by atoms with Crippen molar-refractivity contribution in [2.75, 3.05) is 0 Å². The number of aromatic hydroxyl groups is 1. The summed E-state index contributed by atoms with van der Waals surface area (Å²) in [6.07, 6.45) is 5.19. The summed E-state index contributed by atoms with van der Waals surface area (Å²) in [5, 5.41) is 18.6. The fourth-order valence-corrected chi connectivity index (χ4v) is 3.44. The lowest BCUT2D eigenvalue weighted by molar-refractivity contribution is 0.434. The molecule has 0 aliphatic heterocycles. The molecule has 1 atom stereocenters. The summed E-state index contributed by atoms with van der Waals surface area (Å²) in [6.45, 7) is 0.519. The van der Waals surface area contributed by atoms with Crippen molar-refractivity contribution in [3.63, 3.8) is 0 Å². The molecule has 112 valence electrons. The topological polar surface area (TPSA) is 50.1 Å². The van der Waals surface area contributed by atoms with Gasteiger partial charge in [0.25, 0.3) is 0 Å². The fourth-order valence-electron chi connectivity index (χ4n) is 2.91. The highest BCUT2D eigenvalue weighted by molar-refractivity contribution is 6.35. The van der Waals surface area contributed by atoms with E-state index in [2.05, 4.69) is 10.4 Å². The van der Waals surface area contributed by atoms with E-state index in [4.69, 9.17) is 23.2 Å². The zero-order chi connectivity index (χ0) is 15.0. The van der Waals surface area contributed by atoms with E-state index in [1.54, 1.807) is 12.1 Å². The van der Waals surface area contributed by atoms with Gasteiger partial charge in [0, 0.05) is 41.5 Å². The SMILES string of the molecule is Cn1ncc2c1CCC[C@H]2NCc1cc(Cl)cc(Cl)c1O. The Morgan fingerprint density at radius 1 is 1.43 bits per heavy atom. The highest BCUT2D eigenvalue weighted by atomic mass is 35.5. The fraction of sp³-hybridized carbons (Fsp3) is 0.400. The minimum Gasteiger partial charge on any atom is -0.506 e. The van der Waals surface area contributed by atoms with E-state index in [-0.39, 0.29) is 16.8 Å². The Kier molecular flexibility index (Phi) is 4.11. The van der Waals surface area contributed by atoms with E-state index >= 15 is 0 Å². The van der Waals surface area contributed by atoms with Gasteiger partial charge in [-0.05, 0) is 31.4 Å². The summed E-state index contributed by atoms with van der Waals surface area (Å²) in [5.41, 5.74) is 3.24. The molecule has 1 aromatic carbocycles. The Morgan fingerprint density at radius 3 is 3.05 bits per heavy atom. The third kappa shape index (κ3) is 2.89. The molecule has 4 nitrogen and oxygen atoms in total. The van der Waals surface area contributed by atoms with E-state index in [0.717, 1.165) is 19.3 Å². The number of nitrogens with zero attached hydrogens (tertiary/aromatic N) is 2. The van der Waals surface area contributed by atoms with E-state index in [0.29, 0.717) is 17.1 Å². The van der Waals surface area contributed by atoms with Crippen LogP contribution < -0.4 is 5.32 Å². The van der Waals surface area contributed by atoms with Gasteiger partial charge in [-0.1, -0.05) is 23.2 Å². The zero-order valence-electron chi connectivity index (χ0n) is 11.7. The largest absolute Gasteiger partial charge is 0.506 e. The molecule has 1 aliphatic carbocycles. The smallest absolute Gasteiger partial charge is 0.138 e. The number of aromatic nitrogens is 2. The Balaban J connectivity index is 1.77. The maximum absolute atomic E-state index is 10.0. The number of benzene rings is 1. The van der Waals surface area contributed by atoms with E-state index in [9.17, 15) is 5.11 Å².